The maximum Gasteiger partial charge on any atom is 0.240 e. The molecule has 2 fully saturated rings. The van der Waals surface area contributed by atoms with Crippen LogP contribution < -0.4 is 0 Å². The fourth-order valence-electron chi connectivity index (χ4n) is 1.79. The number of ether oxygens (including phenoxy) is 1. The zero-order valence-electron chi connectivity index (χ0n) is 8.69. The SMILES string of the molecule is C1CN(Cc2nc(C3CC3)no2)CCO1. The van der Waals surface area contributed by atoms with Crippen molar-refractivity contribution in [3.05, 3.63) is 11.7 Å². The highest BCUT2D eigenvalue weighted by Gasteiger charge is 2.29. The molecule has 0 amide bonds. The lowest BCUT2D eigenvalue weighted by Crippen LogP contribution is -2.35. The molecule has 1 aliphatic carbocycles. The molecule has 5 nitrogen and oxygen atoms in total. The summed E-state index contributed by atoms with van der Waals surface area (Å²) >= 11 is 0. The Balaban J connectivity index is 1.60. The Hall–Kier alpha value is -0.940. The topological polar surface area (TPSA) is 51.4 Å². The Morgan fingerprint density at radius 1 is 1.27 bits per heavy atom. The van der Waals surface area contributed by atoms with Crippen LogP contribution >= 0.6 is 0 Å². The number of rotatable bonds is 3. The van der Waals surface area contributed by atoms with E-state index >= 15 is 0 Å². The van der Waals surface area contributed by atoms with Gasteiger partial charge in [-0.05, 0) is 12.8 Å². The number of hydrogen-bond acceptors (Lipinski definition) is 5. The molecule has 1 aromatic rings. The first-order valence-corrected chi connectivity index (χ1v) is 5.54. The van der Waals surface area contributed by atoms with Crippen molar-refractivity contribution >= 4 is 0 Å². The summed E-state index contributed by atoms with van der Waals surface area (Å²) in [6.07, 6.45) is 2.44. The molecule has 0 spiro atoms. The highest BCUT2D eigenvalue weighted by Crippen LogP contribution is 2.38. The Morgan fingerprint density at radius 3 is 2.80 bits per heavy atom. The monoisotopic (exact) mass is 209 g/mol. The molecule has 1 aromatic heterocycles. The van der Waals surface area contributed by atoms with Crippen molar-refractivity contribution in [2.24, 2.45) is 0 Å². The summed E-state index contributed by atoms with van der Waals surface area (Å²) in [4.78, 5) is 6.69. The van der Waals surface area contributed by atoms with E-state index in [9.17, 15) is 0 Å². The minimum Gasteiger partial charge on any atom is -0.379 e. The van der Waals surface area contributed by atoms with Gasteiger partial charge in [-0.2, -0.15) is 4.98 Å². The summed E-state index contributed by atoms with van der Waals surface area (Å²) in [5.41, 5.74) is 0. The quantitative estimate of drug-likeness (QED) is 0.736. The molecule has 0 radical (unpaired) electrons. The van der Waals surface area contributed by atoms with E-state index in [1.807, 2.05) is 0 Å². The van der Waals surface area contributed by atoms with Crippen LogP contribution in [0.5, 0.6) is 0 Å². The van der Waals surface area contributed by atoms with E-state index in [4.69, 9.17) is 9.26 Å². The summed E-state index contributed by atoms with van der Waals surface area (Å²) in [5.74, 6) is 2.23. The van der Waals surface area contributed by atoms with Crippen molar-refractivity contribution in [1.82, 2.24) is 15.0 Å². The lowest BCUT2D eigenvalue weighted by atomic mass is 10.4. The van der Waals surface area contributed by atoms with Crippen LogP contribution in [0.4, 0.5) is 0 Å². The maximum absolute atomic E-state index is 5.28. The van der Waals surface area contributed by atoms with Gasteiger partial charge in [-0.25, -0.2) is 0 Å². The van der Waals surface area contributed by atoms with Gasteiger partial charge in [0.15, 0.2) is 5.82 Å². The van der Waals surface area contributed by atoms with Crippen molar-refractivity contribution in [3.8, 4) is 0 Å². The zero-order chi connectivity index (χ0) is 10.1. The fraction of sp³-hybridized carbons (Fsp3) is 0.800. The third-order valence-corrected chi connectivity index (χ3v) is 2.89. The number of hydrogen-bond donors (Lipinski definition) is 0. The van der Waals surface area contributed by atoms with Gasteiger partial charge in [0.2, 0.25) is 5.89 Å². The number of aromatic nitrogens is 2. The number of nitrogens with zero attached hydrogens (tertiary/aromatic N) is 3. The van der Waals surface area contributed by atoms with Crippen LogP contribution in [0.2, 0.25) is 0 Å². The average molecular weight is 209 g/mol. The van der Waals surface area contributed by atoms with E-state index in [0.29, 0.717) is 5.92 Å². The minimum absolute atomic E-state index is 0.576. The van der Waals surface area contributed by atoms with Crippen LogP contribution in [0.1, 0.15) is 30.5 Å². The standard InChI is InChI=1S/C10H15N3O2/c1-2-8(1)10-11-9(15-12-10)7-13-3-5-14-6-4-13/h8H,1-7H2. The van der Waals surface area contributed by atoms with Gasteiger partial charge < -0.3 is 9.26 Å². The summed E-state index contributed by atoms with van der Waals surface area (Å²) in [6.45, 7) is 4.30. The normalized spacial score (nSPS) is 23.2. The van der Waals surface area contributed by atoms with Gasteiger partial charge in [-0.15, -0.1) is 0 Å². The van der Waals surface area contributed by atoms with Gasteiger partial charge in [0.05, 0.1) is 19.8 Å². The Labute approximate surface area is 88.4 Å². The molecule has 0 N–H and O–H groups in total. The maximum atomic E-state index is 5.28. The predicted octanol–water partition coefficient (Wildman–Crippen LogP) is 0.779. The predicted molar refractivity (Wildman–Crippen MR) is 52.4 cm³/mol. The van der Waals surface area contributed by atoms with Gasteiger partial charge >= 0.3 is 0 Å². The Kier molecular flexibility index (Phi) is 2.42. The van der Waals surface area contributed by atoms with Gasteiger partial charge in [0.1, 0.15) is 0 Å². The van der Waals surface area contributed by atoms with Crippen molar-refractivity contribution in [1.29, 1.82) is 0 Å². The van der Waals surface area contributed by atoms with Crippen molar-refractivity contribution in [2.45, 2.75) is 25.3 Å². The Bertz CT molecular complexity index is 329. The Morgan fingerprint density at radius 2 is 2.07 bits per heavy atom. The molecule has 2 heterocycles. The van der Waals surface area contributed by atoms with Crippen LogP contribution in [-0.2, 0) is 11.3 Å². The largest absolute Gasteiger partial charge is 0.379 e. The van der Waals surface area contributed by atoms with Crippen LogP contribution in [0, 0.1) is 0 Å². The molecule has 1 saturated heterocycles. The zero-order valence-corrected chi connectivity index (χ0v) is 8.69. The van der Waals surface area contributed by atoms with Crippen molar-refractivity contribution in [3.63, 3.8) is 0 Å². The molecule has 1 saturated carbocycles. The lowest BCUT2D eigenvalue weighted by Gasteiger charge is -2.24. The molecular weight excluding hydrogens is 194 g/mol. The van der Waals surface area contributed by atoms with E-state index in [2.05, 4.69) is 15.0 Å². The van der Waals surface area contributed by atoms with Crippen LogP contribution in [0.15, 0.2) is 4.52 Å². The van der Waals surface area contributed by atoms with Gasteiger partial charge in [0.25, 0.3) is 0 Å². The molecule has 0 unspecified atom stereocenters. The molecule has 82 valence electrons. The molecule has 3 rings (SSSR count). The van der Waals surface area contributed by atoms with Crippen molar-refractivity contribution in [2.75, 3.05) is 26.3 Å². The van der Waals surface area contributed by atoms with E-state index in [1.165, 1.54) is 12.8 Å². The van der Waals surface area contributed by atoms with E-state index in [1.54, 1.807) is 0 Å². The van der Waals surface area contributed by atoms with Crippen LogP contribution in [-0.4, -0.2) is 41.3 Å². The van der Waals surface area contributed by atoms with Gasteiger partial charge in [-0.1, -0.05) is 5.16 Å². The molecule has 2 aliphatic rings. The first-order chi connectivity index (χ1) is 7.42. The summed E-state index contributed by atoms with van der Waals surface area (Å²) in [5, 5.41) is 4.00. The van der Waals surface area contributed by atoms with E-state index in [0.717, 1.165) is 44.6 Å². The second kappa shape index (κ2) is 3.90. The number of morpholine rings is 1. The first-order valence-electron chi connectivity index (χ1n) is 5.54. The van der Waals surface area contributed by atoms with E-state index < -0.39 is 0 Å². The smallest absolute Gasteiger partial charge is 0.240 e. The first kappa shape index (κ1) is 9.30. The second-order valence-corrected chi connectivity index (χ2v) is 4.21. The molecule has 5 heteroatoms. The molecular formula is C10H15N3O2. The van der Waals surface area contributed by atoms with Gasteiger partial charge in [0, 0.05) is 19.0 Å². The third-order valence-electron chi connectivity index (χ3n) is 2.89. The highest BCUT2D eigenvalue weighted by atomic mass is 16.5. The molecule has 0 atom stereocenters. The second-order valence-electron chi connectivity index (χ2n) is 4.21. The molecule has 1 aliphatic heterocycles. The molecule has 0 bridgehead atoms. The average Bonchev–Trinajstić information content (AvgIpc) is 3.02. The highest BCUT2D eigenvalue weighted by molar-refractivity contribution is 5.03. The summed E-state index contributed by atoms with van der Waals surface area (Å²) in [7, 11) is 0. The van der Waals surface area contributed by atoms with Crippen LogP contribution in [0.25, 0.3) is 0 Å². The fourth-order valence-corrected chi connectivity index (χ4v) is 1.79. The van der Waals surface area contributed by atoms with Gasteiger partial charge in [-0.3, -0.25) is 4.90 Å². The lowest BCUT2D eigenvalue weighted by molar-refractivity contribution is 0.0297. The molecule has 15 heavy (non-hydrogen) atoms. The third kappa shape index (κ3) is 2.18. The summed E-state index contributed by atoms with van der Waals surface area (Å²) < 4.78 is 10.5. The van der Waals surface area contributed by atoms with E-state index in [-0.39, 0.29) is 0 Å². The summed E-state index contributed by atoms with van der Waals surface area (Å²) in [6, 6.07) is 0. The van der Waals surface area contributed by atoms with Crippen LogP contribution in [0.3, 0.4) is 0 Å². The molecule has 0 aromatic carbocycles. The minimum atomic E-state index is 0.576. The van der Waals surface area contributed by atoms with Crippen molar-refractivity contribution < 1.29 is 9.26 Å².